The van der Waals surface area contributed by atoms with Crippen molar-refractivity contribution in [1.82, 2.24) is 9.97 Å². The third-order valence-corrected chi connectivity index (χ3v) is 4.18. The van der Waals surface area contributed by atoms with Crippen LogP contribution < -0.4 is 9.80 Å². The molecule has 4 nitrogen and oxygen atoms in total. The van der Waals surface area contributed by atoms with E-state index in [1.54, 1.807) is 6.20 Å². The third kappa shape index (κ3) is 3.90. The normalized spacial score (nSPS) is 16.2. The smallest absolute Gasteiger partial charge is 0.370 e. The molecule has 128 valence electrons. The lowest BCUT2D eigenvalue weighted by molar-refractivity contribution is -0.137. The predicted molar refractivity (Wildman–Crippen MR) is 87.5 cm³/mol. The molecule has 3 rings (SSSR count). The second-order valence-corrected chi connectivity index (χ2v) is 5.95. The Morgan fingerprint density at radius 3 is 2.38 bits per heavy atom. The molecule has 1 fully saturated rings. The van der Waals surface area contributed by atoms with Gasteiger partial charge in [-0.2, -0.15) is 13.2 Å². The minimum absolute atomic E-state index is 0.443. The van der Waals surface area contributed by atoms with Crippen LogP contribution in [0.15, 0.2) is 36.7 Å². The number of aromatic nitrogens is 2. The molecule has 0 spiro atoms. The fourth-order valence-electron chi connectivity index (χ4n) is 2.73. The molecule has 0 saturated carbocycles. The van der Waals surface area contributed by atoms with Gasteiger partial charge in [-0.15, -0.1) is 0 Å². The first-order chi connectivity index (χ1) is 11.4. The van der Waals surface area contributed by atoms with Crippen LogP contribution in [0.25, 0.3) is 0 Å². The Labute approximate surface area is 142 Å². The Morgan fingerprint density at radius 1 is 0.958 bits per heavy atom. The first kappa shape index (κ1) is 16.8. The highest BCUT2D eigenvalue weighted by Crippen LogP contribution is 2.29. The number of halogens is 4. The van der Waals surface area contributed by atoms with E-state index in [-0.39, 0.29) is 0 Å². The number of nitrogens with zero attached hydrogens (tertiary/aromatic N) is 4. The molecule has 1 aliphatic heterocycles. The second kappa shape index (κ2) is 6.84. The molecule has 8 heteroatoms. The molecule has 0 radical (unpaired) electrons. The molecule has 0 aliphatic carbocycles. The molecule has 3 heterocycles. The van der Waals surface area contributed by atoms with Gasteiger partial charge >= 0.3 is 6.18 Å². The maximum Gasteiger partial charge on any atom is 0.417 e. The van der Waals surface area contributed by atoms with Crippen molar-refractivity contribution in [2.45, 2.75) is 12.6 Å². The SMILES string of the molecule is FC(F)(F)c1ccc(N2CCCN(c3ccnc(Cl)c3)CC2)nc1. The summed E-state index contributed by atoms with van der Waals surface area (Å²) in [6.45, 7) is 3.01. The van der Waals surface area contributed by atoms with Crippen molar-refractivity contribution < 1.29 is 13.2 Å². The summed E-state index contributed by atoms with van der Waals surface area (Å²) in [6, 6.07) is 6.22. The minimum atomic E-state index is -4.36. The van der Waals surface area contributed by atoms with Gasteiger partial charge in [0, 0.05) is 44.3 Å². The molecule has 1 aliphatic rings. The second-order valence-electron chi connectivity index (χ2n) is 5.57. The fourth-order valence-corrected chi connectivity index (χ4v) is 2.90. The zero-order chi connectivity index (χ0) is 17.2. The first-order valence-electron chi connectivity index (χ1n) is 7.58. The Morgan fingerprint density at radius 2 is 1.71 bits per heavy atom. The van der Waals surface area contributed by atoms with Crippen molar-refractivity contribution in [2.75, 3.05) is 36.0 Å². The molecule has 0 unspecified atom stereocenters. The van der Waals surface area contributed by atoms with Crippen molar-refractivity contribution in [2.24, 2.45) is 0 Å². The van der Waals surface area contributed by atoms with E-state index in [4.69, 9.17) is 11.6 Å². The van der Waals surface area contributed by atoms with Gasteiger partial charge in [0.05, 0.1) is 5.56 Å². The Hall–Kier alpha value is -2.02. The zero-order valence-electron chi connectivity index (χ0n) is 12.8. The molecule has 0 bridgehead atoms. The summed E-state index contributed by atoms with van der Waals surface area (Å²) in [4.78, 5) is 12.1. The van der Waals surface area contributed by atoms with Gasteiger partial charge in [-0.3, -0.25) is 0 Å². The van der Waals surface area contributed by atoms with E-state index in [2.05, 4.69) is 14.9 Å². The summed E-state index contributed by atoms with van der Waals surface area (Å²) in [5.74, 6) is 0.567. The van der Waals surface area contributed by atoms with Gasteiger partial charge in [-0.1, -0.05) is 11.6 Å². The predicted octanol–water partition coefficient (Wildman–Crippen LogP) is 3.87. The summed E-state index contributed by atoms with van der Waals surface area (Å²) in [5.41, 5.74) is 0.270. The molecular formula is C16H16ClF3N4. The van der Waals surface area contributed by atoms with E-state index >= 15 is 0 Å². The molecular weight excluding hydrogens is 341 g/mol. The Balaban J connectivity index is 1.69. The standard InChI is InChI=1S/C16H16ClF3N4/c17-14-10-13(4-5-21-14)23-6-1-7-24(9-8-23)15-3-2-12(11-22-15)16(18,19)20/h2-5,10-11H,1,6-9H2. The summed E-state index contributed by atoms with van der Waals surface area (Å²) in [6.07, 6.45) is -0.928. The van der Waals surface area contributed by atoms with E-state index < -0.39 is 11.7 Å². The van der Waals surface area contributed by atoms with Gasteiger partial charge in [0.2, 0.25) is 0 Å². The molecule has 2 aromatic heterocycles. The number of alkyl halides is 3. The average Bonchev–Trinajstić information content (AvgIpc) is 2.80. The van der Waals surface area contributed by atoms with Crippen LogP contribution in [0.2, 0.25) is 5.15 Å². The number of hydrogen-bond donors (Lipinski definition) is 0. The molecule has 0 amide bonds. The summed E-state index contributed by atoms with van der Waals surface area (Å²) >= 11 is 5.93. The van der Waals surface area contributed by atoms with Crippen LogP contribution in [0, 0.1) is 0 Å². The van der Waals surface area contributed by atoms with Gasteiger partial charge in [0.15, 0.2) is 0 Å². The van der Waals surface area contributed by atoms with Crippen molar-refractivity contribution in [3.05, 3.63) is 47.4 Å². The highest BCUT2D eigenvalue weighted by Gasteiger charge is 2.31. The van der Waals surface area contributed by atoms with Crippen molar-refractivity contribution >= 4 is 23.1 Å². The quantitative estimate of drug-likeness (QED) is 0.765. The number of rotatable bonds is 2. The highest BCUT2D eigenvalue weighted by molar-refractivity contribution is 6.29. The maximum atomic E-state index is 12.6. The summed E-state index contributed by atoms with van der Waals surface area (Å²) in [5, 5.41) is 0.443. The lowest BCUT2D eigenvalue weighted by Crippen LogP contribution is -2.31. The van der Waals surface area contributed by atoms with E-state index in [0.29, 0.717) is 17.5 Å². The van der Waals surface area contributed by atoms with Gasteiger partial charge in [-0.05, 0) is 30.7 Å². The molecule has 0 N–H and O–H groups in total. The van der Waals surface area contributed by atoms with E-state index in [0.717, 1.165) is 44.0 Å². The largest absolute Gasteiger partial charge is 0.417 e. The van der Waals surface area contributed by atoms with Gasteiger partial charge < -0.3 is 9.80 Å². The van der Waals surface area contributed by atoms with Crippen molar-refractivity contribution in [1.29, 1.82) is 0 Å². The van der Waals surface area contributed by atoms with E-state index in [9.17, 15) is 13.2 Å². The van der Waals surface area contributed by atoms with Crippen LogP contribution in [0.3, 0.4) is 0 Å². The zero-order valence-corrected chi connectivity index (χ0v) is 13.6. The van der Waals surface area contributed by atoms with Gasteiger partial charge in [-0.25, -0.2) is 9.97 Å². The van der Waals surface area contributed by atoms with Crippen LogP contribution in [0.4, 0.5) is 24.7 Å². The van der Waals surface area contributed by atoms with Crippen LogP contribution >= 0.6 is 11.6 Å². The monoisotopic (exact) mass is 356 g/mol. The fraction of sp³-hybridized carbons (Fsp3) is 0.375. The summed E-state index contributed by atoms with van der Waals surface area (Å²) in [7, 11) is 0. The van der Waals surface area contributed by atoms with Gasteiger partial charge in [0.25, 0.3) is 0 Å². The lowest BCUT2D eigenvalue weighted by atomic mass is 10.2. The van der Waals surface area contributed by atoms with Crippen LogP contribution in [0.5, 0.6) is 0 Å². The Kier molecular flexibility index (Phi) is 4.80. The van der Waals surface area contributed by atoms with E-state index in [1.807, 2.05) is 17.0 Å². The molecule has 1 saturated heterocycles. The average molecular weight is 357 g/mol. The van der Waals surface area contributed by atoms with E-state index in [1.165, 1.54) is 6.07 Å². The maximum absolute atomic E-state index is 12.6. The van der Waals surface area contributed by atoms with Crippen molar-refractivity contribution in [3.63, 3.8) is 0 Å². The number of pyridine rings is 2. The van der Waals surface area contributed by atoms with Crippen LogP contribution in [-0.4, -0.2) is 36.1 Å². The molecule has 2 aromatic rings. The van der Waals surface area contributed by atoms with Crippen molar-refractivity contribution in [3.8, 4) is 0 Å². The van der Waals surface area contributed by atoms with Crippen LogP contribution in [-0.2, 0) is 6.18 Å². The molecule has 24 heavy (non-hydrogen) atoms. The number of anilines is 2. The molecule has 0 atom stereocenters. The topological polar surface area (TPSA) is 32.3 Å². The number of hydrogen-bond acceptors (Lipinski definition) is 4. The molecule has 0 aromatic carbocycles. The third-order valence-electron chi connectivity index (χ3n) is 3.97. The first-order valence-corrected chi connectivity index (χ1v) is 7.96. The highest BCUT2D eigenvalue weighted by atomic mass is 35.5. The van der Waals surface area contributed by atoms with Crippen LogP contribution in [0.1, 0.15) is 12.0 Å². The Bertz CT molecular complexity index is 690. The summed E-state index contributed by atoms with van der Waals surface area (Å²) < 4.78 is 37.9. The lowest BCUT2D eigenvalue weighted by Gasteiger charge is -2.24. The van der Waals surface area contributed by atoms with Gasteiger partial charge in [0.1, 0.15) is 11.0 Å². The minimum Gasteiger partial charge on any atom is -0.370 e.